The highest BCUT2D eigenvalue weighted by Gasteiger charge is 2.15. The molecular weight excluding hydrogens is 326 g/mol. The minimum absolute atomic E-state index is 0.0390. The lowest BCUT2D eigenvalue weighted by molar-refractivity contribution is -0.120. The zero-order chi connectivity index (χ0) is 18.9. The standard InChI is InChI=1S/C21H27N3O2/c1-4-16-10-12-17(13-11-16)19(24(2)3)14-22-20(25)15-23-21(26)18-8-6-5-7-9-18/h5-13,19H,4,14-15H2,1-3H3,(H,22,25)(H,23,26). The van der Waals surface area contributed by atoms with E-state index in [-0.39, 0.29) is 24.4 Å². The molecule has 1 atom stereocenters. The Morgan fingerprint density at radius 3 is 2.19 bits per heavy atom. The van der Waals surface area contributed by atoms with E-state index in [1.807, 2.05) is 20.2 Å². The summed E-state index contributed by atoms with van der Waals surface area (Å²) in [5, 5.41) is 5.54. The molecule has 0 radical (unpaired) electrons. The number of aryl methyl sites for hydroxylation is 1. The van der Waals surface area contributed by atoms with Crippen LogP contribution in [0.15, 0.2) is 54.6 Å². The molecule has 0 heterocycles. The Bertz CT molecular complexity index is 712. The molecule has 5 heteroatoms. The van der Waals surface area contributed by atoms with E-state index < -0.39 is 0 Å². The summed E-state index contributed by atoms with van der Waals surface area (Å²) < 4.78 is 0. The third-order valence-corrected chi connectivity index (χ3v) is 4.33. The van der Waals surface area contributed by atoms with E-state index >= 15 is 0 Å². The fourth-order valence-electron chi connectivity index (χ4n) is 2.70. The number of hydrogen-bond acceptors (Lipinski definition) is 3. The number of nitrogens with zero attached hydrogens (tertiary/aromatic N) is 1. The highest BCUT2D eigenvalue weighted by molar-refractivity contribution is 5.96. The second-order valence-corrected chi connectivity index (χ2v) is 6.43. The van der Waals surface area contributed by atoms with E-state index in [4.69, 9.17) is 0 Å². The quantitative estimate of drug-likeness (QED) is 0.766. The van der Waals surface area contributed by atoms with Gasteiger partial charge < -0.3 is 15.5 Å². The third kappa shape index (κ3) is 5.70. The molecule has 0 spiro atoms. The van der Waals surface area contributed by atoms with E-state index in [1.165, 1.54) is 5.56 Å². The van der Waals surface area contributed by atoms with Gasteiger partial charge in [0.05, 0.1) is 12.6 Å². The van der Waals surface area contributed by atoms with Gasteiger partial charge in [-0.3, -0.25) is 9.59 Å². The molecule has 26 heavy (non-hydrogen) atoms. The highest BCUT2D eigenvalue weighted by Crippen LogP contribution is 2.18. The lowest BCUT2D eigenvalue weighted by Crippen LogP contribution is -2.40. The monoisotopic (exact) mass is 353 g/mol. The molecule has 2 aromatic carbocycles. The van der Waals surface area contributed by atoms with Crippen LogP contribution in [0, 0.1) is 0 Å². The number of nitrogens with one attached hydrogen (secondary N) is 2. The maximum absolute atomic E-state index is 12.1. The van der Waals surface area contributed by atoms with E-state index in [0.29, 0.717) is 12.1 Å². The van der Waals surface area contributed by atoms with Gasteiger partial charge in [0.25, 0.3) is 5.91 Å². The van der Waals surface area contributed by atoms with Gasteiger partial charge in [0.2, 0.25) is 5.91 Å². The Morgan fingerprint density at radius 2 is 1.62 bits per heavy atom. The second-order valence-electron chi connectivity index (χ2n) is 6.43. The molecule has 2 rings (SSSR count). The van der Waals surface area contributed by atoms with Gasteiger partial charge >= 0.3 is 0 Å². The molecule has 0 aromatic heterocycles. The van der Waals surface area contributed by atoms with Crippen molar-refractivity contribution in [1.82, 2.24) is 15.5 Å². The summed E-state index contributed by atoms with van der Waals surface area (Å²) in [6, 6.07) is 17.4. The summed E-state index contributed by atoms with van der Waals surface area (Å²) >= 11 is 0. The van der Waals surface area contributed by atoms with Crippen LogP contribution in [0.5, 0.6) is 0 Å². The van der Waals surface area contributed by atoms with E-state index in [1.54, 1.807) is 24.3 Å². The van der Waals surface area contributed by atoms with Gasteiger partial charge in [-0.15, -0.1) is 0 Å². The summed E-state index contributed by atoms with van der Waals surface area (Å²) in [4.78, 5) is 26.1. The van der Waals surface area contributed by atoms with Crippen molar-refractivity contribution in [2.75, 3.05) is 27.2 Å². The largest absolute Gasteiger partial charge is 0.353 e. The molecule has 0 bridgehead atoms. The molecule has 0 aliphatic heterocycles. The highest BCUT2D eigenvalue weighted by atomic mass is 16.2. The third-order valence-electron chi connectivity index (χ3n) is 4.33. The summed E-state index contributed by atoms with van der Waals surface area (Å²) in [5.74, 6) is -0.452. The van der Waals surface area contributed by atoms with Crippen LogP contribution in [0.3, 0.4) is 0 Å². The molecule has 0 saturated carbocycles. The Balaban J connectivity index is 1.86. The lowest BCUT2D eigenvalue weighted by atomic mass is 10.0. The van der Waals surface area contributed by atoms with Gasteiger partial charge in [0.1, 0.15) is 0 Å². The number of carbonyl (C=O) groups excluding carboxylic acids is 2. The molecule has 2 N–H and O–H groups in total. The number of hydrogen-bond donors (Lipinski definition) is 2. The van der Waals surface area contributed by atoms with Crippen molar-refractivity contribution in [2.24, 2.45) is 0 Å². The molecule has 0 saturated heterocycles. The van der Waals surface area contributed by atoms with Crippen LogP contribution in [-0.2, 0) is 11.2 Å². The number of benzene rings is 2. The fraction of sp³-hybridized carbons (Fsp3) is 0.333. The number of carbonyl (C=O) groups is 2. The minimum atomic E-state index is -0.250. The summed E-state index contributed by atoms with van der Waals surface area (Å²) in [6.07, 6.45) is 1.00. The lowest BCUT2D eigenvalue weighted by Gasteiger charge is -2.25. The van der Waals surface area contributed by atoms with Gasteiger partial charge in [-0.25, -0.2) is 0 Å². The molecule has 0 aliphatic rings. The molecular formula is C21H27N3O2. The predicted molar refractivity (Wildman–Crippen MR) is 104 cm³/mol. The first-order valence-electron chi connectivity index (χ1n) is 8.86. The molecule has 2 aromatic rings. The van der Waals surface area contributed by atoms with Crippen molar-refractivity contribution < 1.29 is 9.59 Å². The Hall–Kier alpha value is -2.66. The SMILES string of the molecule is CCc1ccc(C(CNC(=O)CNC(=O)c2ccccc2)N(C)C)cc1. The van der Waals surface area contributed by atoms with E-state index in [0.717, 1.165) is 12.0 Å². The smallest absolute Gasteiger partial charge is 0.251 e. The predicted octanol–water partition coefficient (Wildman–Crippen LogP) is 2.40. The zero-order valence-corrected chi connectivity index (χ0v) is 15.7. The van der Waals surface area contributed by atoms with Crippen LogP contribution >= 0.6 is 0 Å². The average molecular weight is 353 g/mol. The number of rotatable bonds is 8. The first-order valence-corrected chi connectivity index (χ1v) is 8.86. The van der Waals surface area contributed by atoms with Gasteiger partial charge in [-0.05, 0) is 43.8 Å². The first-order chi connectivity index (χ1) is 12.5. The maximum Gasteiger partial charge on any atom is 0.251 e. The van der Waals surface area contributed by atoms with Crippen LogP contribution in [0.1, 0.15) is 34.5 Å². The fourth-order valence-corrected chi connectivity index (χ4v) is 2.70. The van der Waals surface area contributed by atoms with Crippen molar-refractivity contribution in [2.45, 2.75) is 19.4 Å². The first kappa shape index (κ1) is 19.7. The van der Waals surface area contributed by atoms with Crippen LogP contribution in [0.25, 0.3) is 0 Å². The van der Waals surface area contributed by atoms with Crippen molar-refractivity contribution in [3.05, 3.63) is 71.3 Å². The molecule has 0 fully saturated rings. The topological polar surface area (TPSA) is 61.4 Å². The van der Waals surface area contributed by atoms with Crippen molar-refractivity contribution in [3.63, 3.8) is 0 Å². The molecule has 0 aliphatic carbocycles. The van der Waals surface area contributed by atoms with Crippen molar-refractivity contribution in [3.8, 4) is 0 Å². The Morgan fingerprint density at radius 1 is 0.962 bits per heavy atom. The van der Waals surface area contributed by atoms with Crippen molar-refractivity contribution in [1.29, 1.82) is 0 Å². The van der Waals surface area contributed by atoms with Gasteiger partial charge in [-0.2, -0.15) is 0 Å². The maximum atomic E-state index is 12.1. The van der Waals surface area contributed by atoms with Crippen LogP contribution in [-0.4, -0.2) is 43.9 Å². The van der Waals surface area contributed by atoms with Crippen LogP contribution < -0.4 is 10.6 Å². The molecule has 2 amide bonds. The normalized spacial score (nSPS) is 11.8. The van der Waals surface area contributed by atoms with Crippen molar-refractivity contribution >= 4 is 11.8 Å². The minimum Gasteiger partial charge on any atom is -0.353 e. The van der Waals surface area contributed by atoms with E-state index in [9.17, 15) is 9.59 Å². The summed E-state index contributed by atoms with van der Waals surface area (Å²) in [5.41, 5.74) is 2.99. The Kier molecular flexibility index (Phi) is 7.36. The summed E-state index contributed by atoms with van der Waals surface area (Å²) in [6.45, 7) is 2.57. The molecule has 1 unspecified atom stereocenters. The second kappa shape index (κ2) is 9.73. The molecule has 5 nitrogen and oxygen atoms in total. The van der Waals surface area contributed by atoms with Crippen LogP contribution in [0.2, 0.25) is 0 Å². The van der Waals surface area contributed by atoms with Crippen LogP contribution in [0.4, 0.5) is 0 Å². The van der Waals surface area contributed by atoms with Gasteiger partial charge in [0.15, 0.2) is 0 Å². The number of amides is 2. The van der Waals surface area contributed by atoms with Gasteiger partial charge in [0, 0.05) is 12.1 Å². The summed E-state index contributed by atoms with van der Waals surface area (Å²) in [7, 11) is 3.98. The Labute approximate surface area is 155 Å². The van der Waals surface area contributed by atoms with Gasteiger partial charge in [-0.1, -0.05) is 49.4 Å². The number of likely N-dealkylation sites (N-methyl/N-ethyl adjacent to an activating group) is 1. The molecule has 138 valence electrons. The van der Waals surface area contributed by atoms with E-state index in [2.05, 4.69) is 46.7 Å². The average Bonchev–Trinajstić information content (AvgIpc) is 2.67. The zero-order valence-electron chi connectivity index (χ0n) is 15.7.